The van der Waals surface area contributed by atoms with Crippen LogP contribution in [0.3, 0.4) is 0 Å². The molecule has 0 aliphatic heterocycles. The largest absolute Gasteiger partial charge is 0.355 e. The van der Waals surface area contributed by atoms with E-state index in [-0.39, 0.29) is 0 Å². The van der Waals surface area contributed by atoms with Crippen LogP contribution in [-0.4, -0.2) is 0 Å². The summed E-state index contributed by atoms with van der Waals surface area (Å²) in [4.78, 5) is 0. The SMILES string of the molecule is c1ccc(-c2ccc(-c3ccccc3Nc3ccc(-c4ccc(Nc5ccccc5-c5ccc(-c6ccccc6)cc5)cc4)cc3)cc2)cc1. The predicted octanol–water partition coefficient (Wildman–Crippen LogP) is 13.5. The minimum absolute atomic E-state index is 1.05. The van der Waals surface area contributed by atoms with Crippen molar-refractivity contribution in [3.63, 3.8) is 0 Å². The Morgan fingerprint density at radius 3 is 0.820 bits per heavy atom. The maximum atomic E-state index is 3.65. The number of nitrogens with one attached hydrogen (secondary N) is 2. The molecule has 0 heterocycles. The number of hydrogen-bond donors (Lipinski definition) is 2. The first-order valence-corrected chi connectivity index (χ1v) is 17.0. The average Bonchev–Trinajstić information content (AvgIpc) is 3.20. The van der Waals surface area contributed by atoms with Crippen LogP contribution in [0.15, 0.2) is 206 Å². The van der Waals surface area contributed by atoms with Crippen molar-refractivity contribution in [1.82, 2.24) is 0 Å². The molecular formula is C48H36N2. The van der Waals surface area contributed by atoms with Gasteiger partial charge in [0, 0.05) is 33.9 Å². The molecule has 0 aliphatic rings. The fraction of sp³-hybridized carbons (Fsp3) is 0. The molecular weight excluding hydrogens is 605 g/mol. The van der Waals surface area contributed by atoms with Gasteiger partial charge in [-0.3, -0.25) is 0 Å². The first-order chi connectivity index (χ1) is 24.8. The van der Waals surface area contributed by atoms with Gasteiger partial charge in [-0.1, -0.05) is 170 Å². The van der Waals surface area contributed by atoms with Gasteiger partial charge in [0.05, 0.1) is 0 Å². The molecule has 2 N–H and O–H groups in total. The molecule has 0 bridgehead atoms. The van der Waals surface area contributed by atoms with Gasteiger partial charge in [0.1, 0.15) is 0 Å². The fourth-order valence-electron chi connectivity index (χ4n) is 6.44. The summed E-state index contributed by atoms with van der Waals surface area (Å²) in [5.41, 5.74) is 16.2. The Kier molecular flexibility index (Phi) is 8.73. The highest BCUT2D eigenvalue weighted by Gasteiger charge is 2.09. The third kappa shape index (κ3) is 6.82. The average molecular weight is 641 g/mol. The number of anilines is 4. The van der Waals surface area contributed by atoms with Crippen molar-refractivity contribution in [2.24, 2.45) is 0 Å². The lowest BCUT2D eigenvalue weighted by Crippen LogP contribution is -1.94. The van der Waals surface area contributed by atoms with Gasteiger partial charge in [0.15, 0.2) is 0 Å². The predicted molar refractivity (Wildman–Crippen MR) is 213 cm³/mol. The van der Waals surface area contributed by atoms with E-state index >= 15 is 0 Å². The van der Waals surface area contributed by atoms with Gasteiger partial charge in [-0.15, -0.1) is 0 Å². The Morgan fingerprint density at radius 2 is 0.460 bits per heavy atom. The second kappa shape index (κ2) is 14.2. The van der Waals surface area contributed by atoms with E-state index in [4.69, 9.17) is 0 Å². The smallest absolute Gasteiger partial charge is 0.0463 e. The van der Waals surface area contributed by atoms with Crippen LogP contribution < -0.4 is 10.6 Å². The zero-order valence-corrected chi connectivity index (χ0v) is 27.6. The van der Waals surface area contributed by atoms with Gasteiger partial charge in [0.25, 0.3) is 0 Å². The minimum atomic E-state index is 1.05. The molecule has 2 heteroatoms. The Bertz CT molecular complexity index is 2140. The Labute approximate surface area is 294 Å². The quantitative estimate of drug-likeness (QED) is 0.164. The Balaban J connectivity index is 0.948. The number of rotatable bonds is 9. The van der Waals surface area contributed by atoms with E-state index in [1.807, 2.05) is 0 Å². The van der Waals surface area contributed by atoms with Crippen molar-refractivity contribution in [2.45, 2.75) is 0 Å². The molecule has 8 aromatic carbocycles. The lowest BCUT2D eigenvalue weighted by atomic mass is 9.99. The van der Waals surface area contributed by atoms with Gasteiger partial charge in [-0.2, -0.15) is 0 Å². The maximum absolute atomic E-state index is 3.65. The molecule has 0 saturated heterocycles. The molecule has 0 spiro atoms. The van der Waals surface area contributed by atoms with Crippen molar-refractivity contribution >= 4 is 22.7 Å². The summed E-state index contributed by atoms with van der Waals surface area (Å²) in [6, 6.07) is 72.8. The van der Waals surface area contributed by atoms with Crippen molar-refractivity contribution in [2.75, 3.05) is 10.6 Å². The van der Waals surface area contributed by atoms with E-state index in [9.17, 15) is 0 Å². The third-order valence-corrected chi connectivity index (χ3v) is 9.12. The summed E-state index contributed by atoms with van der Waals surface area (Å²) in [6.07, 6.45) is 0. The topological polar surface area (TPSA) is 24.1 Å². The van der Waals surface area contributed by atoms with Crippen molar-refractivity contribution in [1.29, 1.82) is 0 Å². The molecule has 50 heavy (non-hydrogen) atoms. The van der Waals surface area contributed by atoms with Crippen molar-refractivity contribution in [3.8, 4) is 55.6 Å². The normalized spacial score (nSPS) is 10.8. The lowest BCUT2D eigenvalue weighted by molar-refractivity contribution is 1.51. The fourth-order valence-corrected chi connectivity index (χ4v) is 6.44. The Hall–Kier alpha value is -6.64. The first-order valence-electron chi connectivity index (χ1n) is 17.0. The number of hydrogen-bond acceptors (Lipinski definition) is 2. The molecule has 2 nitrogen and oxygen atoms in total. The van der Waals surface area contributed by atoms with E-state index in [0.29, 0.717) is 0 Å². The standard InChI is InChI=1S/C48H36N2/c1-3-11-35(12-4-1)37-19-23-41(24-20-37)45-15-7-9-17-47(45)49-43-31-27-39(28-32-43)40-29-33-44(34-30-40)50-48-18-10-8-16-46(48)42-25-21-38(22-26-42)36-13-5-2-6-14-36/h1-34,49-50H. The molecule has 0 fully saturated rings. The number of benzene rings is 8. The van der Waals surface area contributed by atoms with Gasteiger partial charge < -0.3 is 10.6 Å². The van der Waals surface area contributed by atoms with Gasteiger partial charge in [0.2, 0.25) is 0 Å². The third-order valence-electron chi connectivity index (χ3n) is 9.12. The van der Waals surface area contributed by atoms with Crippen LogP contribution in [-0.2, 0) is 0 Å². The van der Waals surface area contributed by atoms with E-state index in [1.54, 1.807) is 0 Å². The second-order valence-electron chi connectivity index (χ2n) is 12.4. The summed E-state index contributed by atoms with van der Waals surface area (Å²) in [5, 5.41) is 7.30. The van der Waals surface area contributed by atoms with Crippen LogP contribution in [0.4, 0.5) is 22.7 Å². The second-order valence-corrected chi connectivity index (χ2v) is 12.4. The van der Waals surface area contributed by atoms with Crippen molar-refractivity contribution < 1.29 is 0 Å². The monoisotopic (exact) mass is 640 g/mol. The van der Waals surface area contributed by atoms with Crippen molar-refractivity contribution in [3.05, 3.63) is 206 Å². The molecule has 0 aliphatic carbocycles. The highest BCUT2D eigenvalue weighted by Crippen LogP contribution is 2.35. The maximum Gasteiger partial charge on any atom is 0.0463 e. The van der Waals surface area contributed by atoms with E-state index in [1.165, 1.54) is 55.6 Å². The van der Waals surface area contributed by atoms with Crippen LogP contribution in [0, 0.1) is 0 Å². The molecule has 0 atom stereocenters. The van der Waals surface area contributed by atoms with Crippen LogP contribution >= 0.6 is 0 Å². The highest BCUT2D eigenvalue weighted by atomic mass is 14.9. The van der Waals surface area contributed by atoms with Gasteiger partial charge in [-0.25, -0.2) is 0 Å². The van der Waals surface area contributed by atoms with E-state index < -0.39 is 0 Å². The van der Waals surface area contributed by atoms with Crippen LogP contribution in [0.25, 0.3) is 55.6 Å². The van der Waals surface area contributed by atoms with E-state index in [0.717, 1.165) is 22.7 Å². The number of para-hydroxylation sites is 2. The molecule has 0 aromatic heterocycles. The molecule has 0 amide bonds. The first kappa shape index (κ1) is 30.7. The summed E-state index contributed by atoms with van der Waals surface area (Å²) >= 11 is 0. The molecule has 0 unspecified atom stereocenters. The van der Waals surface area contributed by atoms with Crippen LogP contribution in [0.1, 0.15) is 0 Å². The molecule has 0 radical (unpaired) electrons. The molecule has 8 aromatic rings. The van der Waals surface area contributed by atoms with Gasteiger partial charge >= 0.3 is 0 Å². The summed E-state index contributed by atoms with van der Waals surface area (Å²) in [6.45, 7) is 0. The lowest BCUT2D eigenvalue weighted by Gasteiger charge is -2.14. The van der Waals surface area contributed by atoms with Gasteiger partial charge in [-0.05, 0) is 80.9 Å². The highest BCUT2D eigenvalue weighted by molar-refractivity contribution is 5.84. The molecule has 8 rings (SSSR count). The summed E-state index contributed by atoms with van der Waals surface area (Å²) < 4.78 is 0. The van der Waals surface area contributed by atoms with Crippen LogP contribution in [0.5, 0.6) is 0 Å². The minimum Gasteiger partial charge on any atom is -0.355 e. The summed E-state index contributed by atoms with van der Waals surface area (Å²) in [5.74, 6) is 0. The van der Waals surface area contributed by atoms with E-state index in [2.05, 4.69) is 217 Å². The summed E-state index contributed by atoms with van der Waals surface area (Å²) in [7, 11) is 0. The zero-order chi connectivity index (χ0) is 33.5. The molecule has 238 valence electrons. The van der Waals surface area contributed by atoms with Crippen LogP contribution in [0.2, 0.25) is 0 Å². The molecule has 0 saturated carbocycles. The Morgan fingerprint density at radius 1 is 0.200 bits per heavy atom. The zero-order valence-electron chi connectivity index (χ0n) is 27.6.